The fraction of sp³-hybridized carbons (Fsp3) is 0.172. The van der Waals surface area contributed by atoms with E-state index in [1.165, 1.54) is 0 Å². The molecule has 168 valence electrons. The SMILES string of the molecule is CCOC(=O)C1=C(c2cccc(Cl)c2)c2cccc3c2C(C)(C1)C(=O)n1c-3cc2ccccc21. The van der Waals surface area contributed by atoms with Gasteiger partial charge in [-0.15, -0.1) is 0 Å². The second-order valence-electron chi connectivity index (χ2n) is 9.05. The number of carbonyl (C=O) groups excluding carboxylic acids is 2. The van der Waals surface area contributed by atoms with E-state index >= 15 is 0 Å². The molecule has 0 radical (unpaired) electrons. The van der Waals surface area contributed by atoms with Crippen LogP contribution in [0.15, 0.2) is 78.4 Å². The third-order valence-electron chi connectivity index (χ3n) is 7.01. The van der Waals surface area contributed by atoms with Gasteiger partial charge in [-0.3, -0.25) is 9.36 Å². The number of aromatic nitrogens is 1. The van der Waals surface area contributed by atoms with Gasteiger partial charge < -0.3 is 4.74 Å². The summed E-state index contributed by atoms with van der Waals surface area (Å²) < 4.78 is 7.29. The fourth-order valence-corrected chi connectivity index (χ4v) is 5.82. The topological polar surface area (TPSA) is 48.3 Å². The van der Waals surface area contributed by atoms with Crippen LogP contribution in [0.2, 0.25) is 5.02 Å². The molecule has 1 aliphatic carbocycles. The molecule has 1 unspecified atom stereocenters. The number of hydrogen-bond acceptors (Lipinski definition) is 3. The molecule has 1 atom stereocenters. The first-order valence-corrected chi connectivity index (χ1v) is 11.8. The molecule has 0 bridgehead atoms. The van der Waals surface area contributed by atoms with Crippen LogP contribution in [0.3, 0.4) is 0 Å². The van der Waals surface area contributed by atoms with Crippen molar-refractivity contribution < 1.29 is 14.3 Å². The maximum atomic E-state index is 14.2. The largest absolute Gasteiger partial charge is 0.463 e. The molecule has 4 nitrogen and oxygen atoms in total. The van der Waals surface area contributed by atoms with Crippen molar-refractivity contribution in [2.45, 2.75) is 25.7 Å². The summed E-state index contributed by atoms with van der Waals surface area (Å²) in [5.41, 5.74) is 5.82. The van der Waals surface area contributed by atoms with Gasteiger partial charge >= 0.3 is 5.97 Å². The molecule has 0 N–H and O–H groups in total. The molecule has 0 fully saturated rings. The summed E-state index contributed by atoms with van der Waals surface area (Å²) >= 11 is 6.34. The predicted octanol–water partition coefficient (Wildman–Crippen LogP) is 6.64. The van der Waals surface area contributed by atoms with Crippen LogP contribution in [0.4, 0.5) is 0 Å². The van der Waals surface area contributed by atoms with Crippen molar-refractivity contribution in [3.8, 4) is 11.3 Å². The number of nitrogens with zero attached hydrogens (tertiary/aromatic N) is 1. The predicted molar refractivity (Wildman–Crippen MR) is 134 cm³/mol. The van der Waals surface area contributed by atoms with Gasteiger partial charge in [0, 0.05) is 21.5 Å². The molecule has 1 aliphatic heterocycles. The highest BCUT2D eigenvalue weighted by Crippen LogP contribution is 2.53. The minimum Gasteiger partial charge on any atom is -0.463 e. The van der Waals surface area contributed by atoms with Gasteiger partial charge in [0.15, 0.2) is 0 Å². The van der Waals surface area contributed by atoms with Crippen LogP contribution in [-0.2, 0) is 14.9 Å². The Balaban J connectivity index is 1.71. The van der Waals surface area contributed by atoms with Gasteiger partial charge in [0.25, 0.3) is 0 Å². The molecule has 2 heterocycles. The molecule has 6 rings (SSSR count). The average Bonchev–Trinajstić information content (AvgIpc) is 3.22. The molecule has 1 aromatic heterocycles. The summed E-state index contributed by atoms with van der Waals surface area (Å²) in [5, 5.41) is 1.60. The molecule has 0 saturated heterocycles. The van der Waals surface area contributed by atoms with Crippen LogP contribution in [0.5, 0.6) is 0 Å². The van der Waals surface area contributed by atoms with E-state index in [0.717, 1.165) is 44.4 Å². The maximum absolute atomic E-state index is 14.2. The lowest BCUT2D eigenvalue weighted by Gasteiger charge is -2.41. The molecule has 3 aromatic carbocycles. The number of ether oxygens (including phenoxy) is 1. The molecule has 5 heteroatoms. The van der Waals surface area contributed by atoms with Crippen LogP contribution in [0, 0.1) is 0 Å². The lowest BCUT2D eigenvalue weighted by Crippen LogP contribution is -2.44. The number of carbonyl (C=O) groups is 2. The van der Waals surface area contributed by atoms with E-state index in [9.17, 15) is 9.59 Å². The highest BCUT2D eigenvalue weighted by molar-refractivity contribution is 6.30. The standard InChI is InChI=1S/C29H22ClNO3/c1-3-34-27(32)22-16-29(2)26-20(24-15-17-8-4-5-13-23(17)31(24)28(29)33)11-7-12-21(26)25(22)18-9-6-10-19(30)14-18/h4-15H,3,16H2,1-2H3. The number of esters is 1. The molecular formula is C29H22ClNO3. The quantitative estimate of drug-likeness (QED) is 0.317. The zero-order valence-corrected chi connectivity index (χ0v) is 19.6. The number of para-hydroxylation sites is 1. The summed E-state index contributed by atoms with van der Waals surface area (Å²) in [6, 6.07) is 23.5. The van der Waals surface area contributed by atoms with Gasteiger partial charge in [0.1, 0.15) is 0 Å². The third-order valence-corrected chi connectivity index (χ3v) is 7.25. The summed E-state index contributed by atoms with van der Waals surface area (Å²) in [6.45, 7) is 4.00. The number of fused-ring (bicyclic) bond motifs is 4. The molecule has 4 aromatic rings. The Bertz CT molecular complexity index is 1560. The van der Waals surface area contributed by atoms with Crippen molar-refractivity contribution in [1.29, 1.82) is 0 Å². The Kier molecular flexibility index (Phi) is 4.58. The number of halogens is 1. The molecular weight excluding hydrogens is 446 g/mol. The van der Waals surface area contributed by atoms with E-state index in [0.29, 0.717) is 10.6 Å². The highest BCUT2D eigenvalue weighted by Gasteiger charge is 2.49. The first-order chi connectivity index (χ1) is 16.4. The van der Waals surface area contributed by atoms with Crippen molar-refractivity contribution in [3.05, 3.63) is 100 Å². The second kappa shape index (κ2) is 7.44. The van der Waals surface area contributed by atoms with Crippen molar-refractivity contribution in [2.75, 3.05) is 6.61 Å². The van der Waals surface area contributed by atoms with E-state index in [1.54, 1.807) is 6.92 Å². The van der Waals surface area contributed by atoms with Crippen LogP contribution >= 0.6 is 11.6 Å². The molecule has 0 amide bonds. The lowest BCUT2D eigenvalue weighted by molar-refractivity contribution is -0.138. The van der Waals surface area contributed by atoms with Gasteiger partial charge in [-0.1, -0.05) is 60.1 Å². The Hall–Kier alpha value is -3.63. The number of hydrogen-bond donors (Lipinski definition) is 0. The zero-order chi connectivity index (χ0) is 23.6. The normalized spacial score (nSPS) is 18.6. The lowest BCUT2D eigenvalue weighted by atomic mass is 9.64. The van der Waals surface area contributed by atoms with Crippen LogP contribution < -0.4 is 0 Å². The first kappa shape index (κ1) is 20.9. The van der Waals surface area contributed by atoms with E-state index in [2.05, 4.69) is 12.1 Å². The van der Waals surface area contributed by atoms with E-state index in [4.69, 9.17) is 16.3 Å². The van der Waals surface area contributed by atoms with Crippen LogP contribution in [-0.4, -0.2) is 23.1 Å². The third kappa shape index (κ3) is 2.78. The Labute approximate surface area is 202 Å². The van der Waals surface area contributed by atoms with Crippen LogP contribution in [0.1, 0.15) is 41.8 Å². The van der Waals surface area contributed by atoms with Gasteiger partial charge in [-0.05, 0) is 66.8 Å². The molecule has 2 aliphatic rings. The number of rotatable bonds is 3. The average molecular weight is 468 g/mol. The minimum atomic E-state index is -0.912. The summed E-state index contributed by atoms with van der Waals surface area (Å²) in [5.74, 6) is -0.429. The second-order valence-corrected chi connectivity index (χ2v) is 9.49. The maximum Gasteiger partial charge on any atom is 0.334 e. The van der Waals surface area contributed by atoms with E-state index < -0.39 is 11.4 Å². The van der Waals surface area contributed by atoms with Gasteiger partial charge in [-0.25, -0.2) is 4.79 Å². The zero-order valence-electron chi connectivity index (χ0n) is 18.9. The van der Waals surface area contributed by atoms with Gasteiger partial charge in [0.05, 0.1) is 23.2 Å². The Morgan fingerprint density at radius 2 is 1.79 bits per heavy atom. The minimum absolute atomic E-state index is 0.0319. The number of benzene rings is 3. The van der Waals surface area contributed by atoms with Crippen molar-refractivity contribution in [1.82, 2.24) is 4.57 Å². The van der Waals surface area contributed by atoms with E-state index in [1.807, 2.05) is 72.2 Å². The summed E-state index contributed by atoms with van der Waals surface area (Å²) in [4.78, 5) is 27.5. The van der Waals surface area contributed by atoms with Gasteiger partial charge in [-0.2, -0.15) is 0 Å². The molecule has 34 heavy (non-hydrogen) atoms. The Morgan fingerprint density at radius 3 is 2.59 bits per heavy atom. The highest BCUT2D eigenvalue weighted by atomic mass is 35.5. The smallest absolute Gasteiger partial charge is 0.334 e. The molecule has 0 saturated carbocycles. The van der Waals surface area contributed by atoms with Crippen molar-refractivity contribution >= 4 is 40.0 Å². The Morgan fingerprint density at radius 1 is 1.03 bits per heavy atom. The monoisotopic (exact) mass is 467 g/mol. The fourth-order valence-electron chi connectivity index (χ4n) is 5.63. The van der Waals surface area contributed by atoms with Crippen molar-refractivity contribution in [3.63, 3.8) is 0 Å². The summed E-state index contributed by atoms with van der Waals surface area (Å²) in [6.07, 6.45) is 0.252. The van der Waals surface area contributed by atoms with Crippen LogP contribution in [0.25, 0.3) is 27.7 Å². The van der Waals surface area contributed by atoms with E-state index in [-0.39, 0.29) is 18.9 Å². The van der Waals surface area contributed by atoms with Crippen molar-refractivity contribution in [2.24, 2.45) is 0 Å². The van der Waals surface area contributed by atoms with Gasteiger partial charge in [0.2, 0.25) is 5.91 Å². The molecule has 0 spiro atoms. The summed E-state index contributed by atoms with van der Waals surface area (Å²) in [7, 11) is 0. The first-order valence-electron chi connectivity index (χ1n) is 11.4.